The molecule has 0 spiro atoms. The van der Waals surface area contributed by atoms with E-state index >= 15 is 0 Å². The van der Waals surface area contributed by atoms with E-state index in [0.29, 0.717) is 12.6 Å². The lowest BCUT2D eigenvalue weighted by Crippen LogP contribution is -2.38. The smallest absolute Gasteiger partial charge is 0.410 e. The fraction of sp³-hybridized carbons (Fsp3) is 0.588. The highest BCUT2D eigenvalue weighted by atomic mass is 79.9. The van der Waals surface area contributed by atoms with E-state index in [9.17, 15) is 4.79 Å². The van der Waals surface area contributed by atoms with Gasteiger partial charge >= 0.3 is 6.09 Å². The maximum atomic E-state index is 12.1. The molecule has 1 aliphatic rings. The van der Waals surface area contributed by atoms with Crippen molar-refractivity contribution in [3.05, 3.63) is 33.3 Å². The monoisotopic (exact) mass is 402 g/mol. The van der Waals surface area contributed by atoms with Gasteiger partial charge in [-0.15, -0.1) is 0 Å². The molecule has 1 aromatic carbocycles. The summed E-state index contributed by atoms with van der Waals surface area (Å²) in [5, 5.41) is 0.720. The van der Waals surface area contributed by atoms with E-state index in [1.165, 1.54) is 0 Å². The van der Waals surface area contributed by atoms with Crippen molar-refractivity contribution in [1.82, 2.24) is 9.80 Å². The van der Waals surface area contributed by atoms with Gasteiger partial charge in [-0.1, -0.05) is 23.7 Å². The molecule has 1 saturated heterocycles. The number of hydrogen-bond acceptors (Lipinski definition) is 3. The van der Waals surface area contributed by atoms with Gasteiger partial charge in [0.1, 0.15) is 5.60 Å². The molecule has 6 heteroatoms. The first-order valence-electron chi connectivity index (χ1n) is 7.78. The van der Waals surface area contributed by atoms with Crippen LogP contribution in [-0.4, -0.2) is 47.7 Å². The van der Waals surface area contributed by atoms with Gasteiger partial charge in [0, 0.05) is 30.1 Å². The van der Waals surface area contributed by atoms with Crippen LogP contribution in [-0.2, 0) is 11.3 Å². The highest BCUT2D eigenvalue weighted by Gasteiger charge is 2.31. The lowest BCUT2D eigenvalue weighted by molar-refractivity contribution is 0.0282. The Hall–Kier alpha value is -0.780. The number of ether oxygens (including phenoxy) is 1. The first-order valence-corrected chi connectivity index (χ1v) is 8.95. The summed E-state index contributed by atoms with van der Waals surface area (Å²) in [6.07, 6.45) is 0.728. The summed E-state index contributed by atoms with van der Waals surface area (Å²) in [6.45, 7) is 7.89. The van der Waals surface area contributed by atoms with E-state index in [2.05, 4.69) is 33.9 Å². The minimum atomic E-state index is -0.452. The van der Waals surface area contributed by atoms with E-state index in [-0.39, 0.29) is 6.09 Å². The lowest BCUT2D eigenvalue weighted by atomic mass is 10.1. The van der Waals surface area contributed by atoms with Crippen molar-refractivity contribution in [2.75, 3.05) is 20.1 Å². The Kier molecular flexibility index (Phi) is 5.98. The van der Waals surface area contributed by atoms with Gasteiger partial charge in [-0.05, 0) is 61.8 Å². The molecule has 0 radical (unpaired) electrons. The zero-order chi connectivity index (χ0) is 17.2. The largest absolute Gasteiger partial charge is 0.444 e. The molecule has 0 saturated carbocycles. The topological polar surface area (TPSA) is 32.8 Å². The standard InChI is InChI=1S/C17H24BrClN2O2/c1-17(2,3)23-16(22)21-9-8-13(11-21)20(4)10-12-6-5-7-14(19)15(12)18/h5-7,13H,8-11H2,1-4H3. The number of carbonyl (C=O) groups is 1. The Balaban J connectivity index is 1.93. The van der Waals surface area contributed by atoms with Gasteiger partial charge in [-0.3, -0.25) is 4.90 Å². The third kappa shape index (κ3) is 5.10. The molecule has 23 heavy (non-hydrogen) atoms. The van der Waals surface area contributed by atoms with Crippen LogP contribution in [0, 0.1) is 0 Å². The molecule has 1 fully saturated rings. The molecule has 1 heterocycles. The zero-order valence-electron chi connectivity index (χ0n) is 14.1. The van der Waals surface area contributed by atoms with Crippen LogP contribution in [0.3, 0.4) is 0 Å². The SMILES string of the molecule is CN(Cc1cccc(Cl)c1Br)C1CCN(C(=O)OC(C)(C)C)C1. The molecule has 1 atom stereocenters. The van der Waals surface area contributed by atoms with Gasteiger partial charge in [0.2, 0.25) is 0 Å². The van der Waals surface area contributed by atoms with Gasteiger partial charge in [0.25, 0.3) is 0 Å². The second-order valence-corrected chi connectivity index (χ2v) is 8.20. The van der Waals surface area contributed by atoms with Crippen molar-refractivity contribution in [2.45, 2.75) is 45.4 Å². The molecule has 128 valence electrons. The number of likely N-dealkylation sites (N-methyl/N-ethyl adjacent to an activating group) is 1. The number of likely N-dealkylation sites (tertiary alicyclic amines) is 1. The molecule has 4 nitrogen and oxygen atoms in total. The highest BCUT2D eigenvalue weighted by Crippen LogP contribution is 2.28. The summed E-state index contributed by atoms with van der Waals surface area (Å²) >= 11 is 9.69. The number of amides is 1. The van der Waals surface area contributed by atoms with Crippen LogP contribution in [0.4, 0.5) is 4.79 Å². The van der Waals surface area contributed by atoms with Crippen molar-refractivity contribution < 1.29 is 9.53 Å². The fourth-order valence-electron chi connectivity index (χ4n) is 2.66. The second kappa shape index (κ2) is 7.41. The maximum Gasteiger partial charge on any atom is 0.410 e. The Morgan fingerprint density at radius 2 is 2.17 bits per heavy atom. The molecule has 1 aromatic rings. The first-order chi connectivity index (χ1) is 10.7. The molecule has 0 bridgehead atoms. The van der Waals surface area contributed by atoms with Gasteiger partial charge in [-0.25, -0.2) is 4.79 Å². The second-order valence-electron chi connectivity index (χ2n) is 7.00. The van der Waals surface area contributed by atoms with Crippen LogP contribution < -0.4 is 0 Å². The van der Waals surface area contributed by atoms with Crippen LogP contribution in [0.2, 0.25) is 5.02 Å². The summed E-state index contributed by atoms with van der Waals surface area (Å²) < 4.78 is 6.39. The number of rotatable bonds is 3. The summed E-state index contributed by atoms with van der Waals surface area (Å²) in [6, 6.07) is 6.22. The van der Waals surface area contributed by atoms with Gasteiger partial charge in [0.05, 0.1) is 5.02 Å². The summed E-state index contributed by atoms with van der Waals surface area (Å²) in [5.74, 6) is 0. The molecule has 1 aliphatic heterocycles. The molecule has 0 aliphatic carbocycles. The fourth-order valence-corrected chi connectivity index (χ4v) is 3.25. The number of nitrogens with zero attached hydrogens (tertiary/aromatic N) is 2. The van der Waals surface area contributed by atoms with E-state index in [4.69, 9.17) is 16.3 Å². The van der Waals surface area contributed by atoms with E-state index in [1.54, 1.807) is 4.90 Å². The van der Waals surface area contributed by atoms with Crippen molar-refractivity contribution >= 4 is 33.6 Å². The summed E-state index contributed by atoms with van der Waals surface area (Å²) in [5.41, 5.74) is 0.697. The maximum absolute atomic E-state index is 12.1. The van der Waals surface area contributed by atoms with Crippen LogP contribution >= 0.6 is 27.5 Å². The first kappa shape index (κ1) is 18.6. The van der Waals surface area contributed by atoms with Crippen LogP contribution in [0.1, 0.15) is 32.8 Å². The third-order valence-electron chi connectivity index (χ3n) is 3.89. The Morgan fingerprint density at radius 3 is 2.83 bits per heavy atom. The number of halogens is 2. The number of benzene rings is 1. The number of carbonyl (C=O) groups excluding carboxylic acids is 1. The average molecular weight is 404 g/mol. The lowest BCUT2D eigenvalue weighted by Gasteiger charge is -2.27. The quantitative estimate of drug-likeness (QED) is 0.742. The Bertz CT molecular complexity index is 574. The van der Waals surface area contributed by atoms with E-state index in [0.717, 1.165) is 34.6 Å². The Labute approximate surface area is 151 Å². The van der Waals surface area contributed by atoms with Crippen LogP contribution in [0.25, 0.3) is 0 Å². The highest BCUT2D eigenvalue weighted by molar-refractivity contribution is 9.10. The predicted octanol–water partition coefficient (Wildman–Crippen LogP) is 4.54. The average Bonchev–Trinajstić information content (AvgIpc) is 2.92. The molecular formula is C17H24BrClN2O2. The molecule has 2 rings (SSSR count). The van der Waals surface area contributed by atoms with E-state index < -0.39 is 5.60 Å². The predicted molar refractivity (Wildman–Crippen MR) is 96.8 cm³/mol. The van der Waals surface area contributed by atoms with Gasteiger partial charge in [0.15, 0.2) is 0 Å². The van der Waals surface area contributed by atoms with Crippen molar-refractivity contribution in [2.24, 2.45) is 0 Å². The van der Waals surface area contributed by atoms with Crippen LogP contribution in [0.15, 0.2) is 22.7 Å². The third-order valence-corrected chi connectivity index (χ3v) is 5.37. The number of hydrogen-bond donors (Lipinski definition) is 0. The molecule has 1 unspecified atom stereocenters. The van der Waals surface area contributed by atoms with Crippen LogP contribution in [0.5, 0.6) is 0 Å². The van der Waals surface area contributed by atoms with Crippen molar-refractivity contribution in [1.29, 1.82) is 0 Å². The molecule has 0 N–H and O–H groups in total. The minimum absolute atomic E-state index is 0.225. The summed E-state index contributed by atoms with van der Waals surface area (Å²) in [7, 11) is 2.08. The molecule has 0 aromatic heterocycles. The normalized spacial score (nSPS) is 18.6. The van der Waals surface area contributed by atoms with Gasteiger partial charge in [-0.2, -0.15) is 0 Å². The minimum Gasteiger partial charge on any atom is -0.444 e. The van der Waals surface area contributed by atoms with E-state index in [1.807, 2.05) is 32.9 Å². The molecular weight excluding hydrogens is 380 g/mol. The Morgan fingerprint density at radius 1 is 1.48 bits per heavy atom. The van der Waals surface area contributed by atoms with Gasteiger partial charge < -0.3 is 9.64 Å². The molecule has 1 amide bonds. The van der Waals surface area contributed by atoms with Crippen molar-refractivity contribution in [3.63, 3.8) is 0 Å². The van der Waals surface area contributed by atoms with Crippen molar-refractivity contribution in [3.8, 4) is 0 Å². The zero-order valence-corrected chi connectivity index (χ0v) is 16.4. The summed E-state index contributed by atoms with van der Waals surface area (Å²) in [4.78, 5) is 16.2.